The molecule has 2 N–H and O–H groups in total. The molecule has 2 rings (SSSR count). The van der Waals surface area contributed by atoms with Gasteiger partial charge in [0.15, 0.2) is 0 Å². The number of benzene rings is 1. The number of rotatable bonds is 4. The van der Waals surface area contributed by atoms with Crippen molar-refractivity contribution in [1.82, 2.24) is 0 Å². The minimum Gasteiger partial charge on any atom is -0.493 e. The van der Waals surface area contributed by atoms with Crippen LogP contribution in [-0.4, -0.2) is 6.61 Å². The number of aryl methyl sites for hydroxylation is 1. The topological polar surface area (TPSA) is 35.2 Å². The number of ether oxygens (including phenoxy) is 1. The molecule has 1 aromatic rings. The van der Waals surface area contributed by atoms with Crippen LogP contribution in [0.5, 0.6) is 5.75 Å². The Hall–Kier alpha value is -1.28. The first-order chi connectivity index (χ1) is 7.31. The van der Waals surface area contributed by atoms with Gasteiger partial charge in [-0.05, 0) is 42.5 Å². The van der Waals surface area contributed by atoms with Crippen molar-refractivity contribution in [1.29, 1.82) is 0 Å². The Bertz CT molecular complexity index is 360. The van der Waals surface area contributed by atoms with Crippen LogP contribution in [0.1, 0.15) is 30.0 Å². The quantitative estimate of drug-likeness (QED) is 0.603. The number of nitrogens with two attached hydrogens (primary N) is 1. The normalized spacial score (nSPS) is 18.6. The molecule has 0 heterocycles. The summed E-state index contributed by atoms with van der Waals surface area (Å²) in [5, 5.41) is 0. The fourth-order valence-electron chi connectivity index (χ4n) is 1.98. The lowest BCUT2D eigenvalue weighted by molar-refractivity contribution is 0.324. The Morgan fingerprint density at radius 1 is 1.53 bits per heavy atom. The molecular formula is C13H17NO. The highest BCUT2D eigenvalue weighted by Crippen LogP contribution is 2.31. The Balaban J connectivity index is 2.06. The molecule has 2 nitrogen and oxygen atoms in total. The Labute approximate surface area is 90.7 Å². The second-order valence-corrected chi connectivity index (χ2v) is 3.93. The van der Waals surface area contributed by atoms with Crippen LogP contribution in [0.2, 0.25) is 0 Å². The van der Waals surface area contributed by atoms with Crippen LogP contribution in [0, 0.1) is 0 Å². The van der Waals surface area contributed by atoms with Crippen LogP contribution in [-0.2, 0) is 6.42 Å². The number of hydrogen-bond acceptors (Lipinski definition) is 2. The maximum atomic E-state index is 5.96. The maximum absolute atomic E-state index is 5.96. The smallest absolute Gasteiger partial charge is 0.119 e. The van der Waals surface area contributed by atoms with E-state index in [4.69, 9.17) is 10.5 Å². The first-order valence-corrected chi connectivity index (χ1v) is 5.43. The average molecular weight is 203 g/mol. The van der Waals surface area contributed by atoms with E-state index in [0.717, 1.165) is 25.0 Å². The van der Waals surface area contributed by atoms with Gasteiger partial charge in [-0.2, -0.15) is 0 Å². The summed E-state index contributed by atoms with van der Waals surface area (Å²) in [6.07, 6.45) is 4.89. The van der Waals surface area contributed by atoms with Crippen molar-refractivity contribution in [3.05, 3.63) is 42.0 Å². The molecule has 0 unspecified atom stereocenters. The first kappa shape index (κ1) is 10.2. The van der Waals surface area contributed by atoms with Gasteiger partial charge in [-0.3, -0.25) is 0 Å². The van der Waals surface area contributed by atoms with E-state index in [1.807, 2.05) is 12.1 Å². The van der Waals surface area contributed by atoms with Crippen LogP contribution in [0.3, 0.4) is 0 Å². The molecule has 1 aromatic carbocycles. The van der Waals surface area contributed by atoms with Crippen molar-refractivity contribution in [2.24, 2.45) is 5.73 Å². The van der Waals surface area contributed by atoms with E-state index in [0.29, 0.717) is 6.61 Å². The number of fused-ring (bicyclic) bond motifs is 1. The summed E-state index contributed by atoms with van der Waals surface area (Å²) in [7, 11) is 0. The summed E-state index contributed by atoms with van der Waals surface area (Å²) in [5.41, 5.74) is 8.59. The van der Waals surface area contributed by atoms with Crippen molar-refractivity contribution in [2.45, 2.75) is 25.3 Å². The van der Waals surface area contributed by atoms with Gasteiger partial charge in [-0.15, -0.1) is 6.58 Å². The van der Waals surface area contributed by atoms with Crippen LogP contribution in [0.25, 0.3) is 0 Å². The van der Waals surface area contributed by atoms with Gasteiger partial charge in [-0.25, -0.2) is 0 Å². The van der Waals surface area contributed by atoms with Gasteiger partial charge < -0.3 is 10.5 Å². The highest BCUT2D eigenvalue weighted by atomic mass is 16.5. The van der Waals surface area contributed by atoms with Gasteiger partial charge >= 0.3 is 0 Å². The molecule has 0 spiro atoms. The van der Waals surface area contributed by atoms with Crippen molar-refractivity contribution >= 4 is 0 Å². The molecule has 0 fully saturated rings. The van der Waals surface area contributed by atoms with Gasteiger partial charge in [0.05, 0.1) is 6.61 Å². The third kappa shape index (κ3) is 2.21. The SMILES string of the molecule is C=CCCOc1ccc2c(c1)CC[C@@H]2N. The summed E-state index contributed by atoms with van der Waals surface area (Å²) in [6.45, 7) is 4.37. The highest BCUT2D eigenvalue weighted by molar-refractivity contribution is 5.40. The zero-order valence-electron chi connectivity index (χ0n) is 8.91. The molecule has 0 aliphatic heterocycles. The van der Waals surface area contributed by atoms with E-state index in [1.165, 1.54) is 11.1 Å². The maximum Gasteiger partial charge on any atom is 0.119 e. The molecule has 0 amide bonds. The third-order valence-electron chi connectivity index (χ3n) is 2.83. The summed E-state index contributed by atoms with van der Waals surface area (Å²) in [5.74, 6) is 0.949. The minimum atomic E-state index is 0.224. The van der Waals surface area contributed by atoms with Crippen molar-refractivity contribution in [3.63, 3.8) is 0 Å². The molecule has 0 saturated carbocycles. The lowest BCUT2D eigenvalue weighted by Crippen LogP contribution is -2.05. The van der Waals surface area contributed by atoms with Crippen LogP contribution in [0.4, 0.5) is 0 Å². The van der Waals surface area contributed by atoms with Gasteiger partial charge in [0.25, 0.3) is 0 Å². The lowest BCUT2D eigenvalue weighted by atomic mass is 10.1. The summed E-state index contributed by atoms with van der Waals surface area (Å²) in [4.78, 5) is 0. The van der Waals surface area contributed by atoms with Crippen molar-refractivity contribution in [2.75, 3.05) is 6.61 Å². The Morgan fingerprint density at radius 3 is 3.20 bits per heavy atom. The van der Waals surface area contributed by atoms with E-state index < -0.39 is 0 Å². The highest BCUT2D eigenvalue weighted by Gasteiger charge is 2.18. The first-order valence-electron chi connectivity index (χ1n) is 5.43. The Kier molecular flexibility index (Phi) is 3.07. The van der Waals surface area contributed by atoms with E-state index in [2.05, 4.69) is 18.7 Å². The van der Waals surface area contributed by atoms with Crippen LogP contribution >= 0.6 is 0 Å². The second-order valence-electron chi connectivity index (χ2n) is 3.93. The average Bonchev–Trinajstić information content (AvgIpc) is 2.61. The van der Waals surface area contributed by atoms with Gasteiger partial charge in [-0.1, -0.05) is 12.1 Å². The fraction of sp³-hybridized carbons (Fsp3) is 0.385. The predicted octanol–water partition coefficient (Wildman–Crippen LogP) is 2.59. The molecule has 80 valence electrons. The monoisotopic (exact) mass is 203 g/mol. The van der Waals surface area contributed by atoms with Crippen molar-refractivity contribution in [3.8, 4) is 5.75 Å². The molecule has 0 aromatic heterocycles. The fourth-order valence-corrected chi connectivity index (χ4v) is 1.98. The second kappa shape index (κ2) is 4.49. The molecule has 1 aliphatic carbocycles. The van der Waals surface area contributed by atoms with E-state index in [9.17, 15) is 0 Å². The van der Waals surface area contributed by atoms with Crippen molar-refractivity contribution < 1.29 is 4.74 Å². The van der Waals surface area contributed by atoms with Gasteiger partial charge in [0, 0.05) is 6.04 Å². The predicted molar refractivity (Wildman–Crippen MR) is 62.0 cm³/mol. The zero-order valence-corrected chi connectivity index (χ0v) is 8.91. The minimum absolute atomic E-state index is 0.224. The molecule has 1 aliphatic rings. The largest absolute Gasteiger partial charge is 0.493 e. The molecule has 0 bridgehead atoms. The molecule has 15 heavy (non-hydrogen) atoms. The van der Waals surface area contributed by atoms with E-state index in [1.54, 1.807) is 0 Å². The van der Waals surface area contributed by atoms with Crippen LogP contribution < -0.4 is 10.5 Å². The van der Waals surface area contributed by atoms with E-state index in [-0.39, 0.29) is 6.04 Å². The van der Waals surface area contributed by atoms with Gasteiger partial charge in [0.1, 0.15) is 5.75 Å². The summed E-state index contributed by atoms with van der Waals surface area (Å²) >= 11 is 0. The molecule has 2 heteroatoms. The standard InChI is InChI=1S/C13H17NO/c1-2-3-8-15-11-5-6-12-10(9-11)4-7-13(12)14/h2,5-6,9,13H,1,3-4,7-8,14H2/t13-/m0/s1. The zero-order chi connectivity index (χ0) is 10.7. The summed E-state index contributed by atoms with van der Waals surface area (Å²) < 4.78 is 5.59. The molecule has 0 saturated heterocycles. The molecule has 1 atom stereocenters. The van der Waals surface area contributed by atoms with E-state index >= 15 is 0 Å². The Morgan fingerprint density at radius 2 is 2.40 bits per heavy atom. The molecular weight excluding hydrogens is 186 g/mol. The summed E-state index contributed by atoms with van der Waals surface area (Å²) in [6, 6.07) is 6.44. The molecule has 0 radical (unpaired) electrons. The van der Waals surface area contributed by atoms with Gasteiger partial charge in [0.2, 0.25) is 0 Å². The van der Waals surface area contributed by atoms with Crippen LogP contribution in [0.15, 0.2) is 30.9 Å². The number of hydrogen-bond donors (Lipinski definition) is 1. The third-order valence-corrected chi connectivity index (χ3v) is 2.83. The lowest BCUT2D eigenvalue weighted by Gasteiger charge is -2.08.